The molecular weight excluding hydrogens is 254 g/mol. The summed E-state index contributed by atoms with van der Waals surface area (Å²) in [5.41, 5.74) is 0.615. The van der Waals surface area contributed by atoms with Gasteiger partial charge in [0.05, 0.1) is 5.71 Å². The minimum absolute atomic E-state index is 0.231. The lowest BCUT2D eigenvalue weighted by Crippen LogP contribution is -2.36. The second kappa shape index (κ2) is 5.13. The van der Waals surface area contributed by atoms with Gasteiger partial charge in [-0.05, 0) is 31.2 Å². The number of pyridine rings is 1. The van der Waals surface area contributed by atoms with Crippen LogP contribution in [0.5, 0.6) is 5.75 Å². The third kappa shape index (κ3) is 2.25. The Balaban J connectivity index is 1.82. The SMILES string of the molecule is CC1=NN(c2ccccn2)C(=O)C1Oc1ccccc1. The van der Waals surface area contributed by atoms with Gasteiger partial charge in [0.25, 0.3) is 5.91 Å². The number of ether oxygens (including phenoxy) is 1. The van der Waals surface area contributed by atoms with Gasteiger partial charge >= 0.3 is 0 Å². The quantitative estimate of drug-likeness (QED) is 0.857. The predicted molar refractivity (Wildman–Crippen MR) is 75.7 cm³/mol. The van der Waals surface area contributed by atoms with Gasteiger partial charge in [0, 0.05) is 6.20 Å². The Morgan fingerprint density at radius 2 is 1.85 bits per heavy atom. The monoisotopic (exact) mass is 267 g/mol. The molecule has 20 heavy (non-hydrogen) atoms. The van der Waals surface area contributed by atoms with E-state index in [2.05, 4.69) is 10.1 Å². The summed E-state index contributed by atoms with van der Waals surface area (Å²) in [6, 6.07) is 14.6. The number of rotatable bonds is 3. The molecule has 1 aliphatic heterocycles. The van der Waals surface area contributed by atoms with Crippen molar-refractivity contribution in [3.63, 3.8) is 0 Å². The summed E-state index contributed by atoms with van der Waals surface area (Å²) in [6.45, 7) is 1.77. The van der Waals surface area contributed by atoms with Gasteiger partial charge in [-0.1, -0.05) is 24.3 Å². The van der Waals surface area contributed by atoms with Gasteiger partial charge in [0.15, 0.2) is 5.82 Å². The largest absolute Gasteiger partial charge is 0.474 e. The van der Waals surface area contributed by atoms with Crippen LogP contribution in [0.3, 0.4) is 0 Å². The van der Waals surface area contributed by atoms with Crippen molar-refractivity contribution in [2.45, 2.75) is 13.0 Å². The zero-order valence-corrected chi connectivity index (χ0v) is 10.9. The number of hydrogen-bond donors (Lipinski definition) is 0. The van der Waals surface area contributed by atoms with Gasteiger partial charge < -0.3 is 4.74 Å². The Morgan fingerprint density at radius 3 is 2.55 bits per heavy atom. The molecule has 0 saturated heterocycles. The Kier molecular flexibility index (Phi) is 3.16. The summed E-state index contributed by atoms with van der Waals surface area (Å²) in [6.07, 6.45) is 0.929. The van der Waals surface area contributed by atoms with Crippen LogP contribution in [-0.2, 0) is 4.79 Å². The van der Waals surface area contributed by atoms with Crippen LogP contribution in [-0.4, -0.2) is 22.7 Å². The highest BCUT2D eigenvalue weighted by Gasteiger charge is 2.36. The minimum atomic E-state index is -0.695. The van der Waals surface area contributed by atoms with Crippen LogP contribution >= 0.6 is 0 Å². The molecule has 1 aliphatic rings. The van der Waals surface area contributed by atoms with E-state index in [0.29, 0.717) is 17.3 Å². The van der Waals surface area contributed by atoms with E-state index in [1.165, 1.54) is 5.01 Å². The average Bonchev–Trinajstić information content (AvgIpc) is 2.77. The van der Waals surface area contributed by atoms with E-state index in [9.17, 15) is 4.79 Å². The van der Waals surface area contributed by atoms with Crippen LogP contribution in [0.25, 0.3) is 0 Å². The van der Waals surface area contributed by atoms with Crippen molar-refractivity contribution in [2.75, 3.05) is 5.01 Å². The lowest BCUT2D eigenvalue weighted by molar-refractivity contribution is -0.121. The minimum Gasteiger partial charge on any atom is -0.474 e. The third-order valence-electron chi connectivity index (χ3n) is 2.93. The van der Waals surface area contributed by atoms with Gasteiger partial charge in [-0.15, -0.1) is 0 Å². The average molecular weight is 267 g/mol. The number of carbonyl (C=O) groups excluding carboxylic acids is 1. The molecule has 0 spiro atoms. The molecule has 0 N–H and O–H groups in total. The maximum Gasteiger partial charge on any atom is 0.295 e. The molecule has 1 unspecified atom stereocenters. The standard InChI is InChI=1S/C15H13N3O2/c1-11-14(20-12-7-3-2-4-8-12)15(19)18(17-11)13-9-5-6-10-16-13/h2-10,14H,1H3. The van der Waals surface area contributed by atoms with Crippen LogP contribution in [0, 0.1) is 0 Å². The molecule has 0 saturated carbocycles. The van der Waals surface area contributed by atoms with E-state index in [1.54, 1.807) is 25.3 Å². The molecule has 3 rings (SSSR count). The first-order valence-corrected chi connectivity index (χ1v) is 6.27. The van der Waals surface area contributed by atoms with Crippen molar-refractivity contribution in [3.05, 3.63) is 54.7 Å². The van der Waals surface area contributed by atoms with Gasteiger partial charge in [0.1, 0.15) is 5.75 Å². The van der Waals surface area contributed by atoms with Crippen LogP contribution < -0.4 is 9.75 Å². The summed E-state index contributed by atoms with van der Waals surface area (Å²) in [7, 11) is 0. The van der Waals surface area contributed by atoms with Crippen LogP contribution in [0.2, 0.25) is 0 Å². The van der Waals surface area contributed by atoms with E-state index in [4.69, 9.17) is 4.74 Å². The van der Waals surface area contributed by atoms with Crippen molar-refractivity contribution >= 4 is 17.4 Å². The van der Waals surface area contributed by atoms with Crippen LogP contribution in [0.1, 0.15) is 6.92 Å². The smallest absolute Gasteiger partial charge is 0.295 e. The molecule has 1 aromatic heterocycles. The van der Waals surface area contributed by atoms with Gasteiger partial charge in [-0.2, -0.15) is 10.1 Å². The van der Waals surface area contributed by atoms with E-state index < -0.39 is 6.10 Å². The molecule has 1 aromatic carbocycles. The fourth-order valence-corrected chi connectivity index (χ4v) is 1.96. The predicted octanol–water partition coefficient (Wildman–Crippen LogP) is 2.25. The van der Waals surface area contributed by atoms with Crippen LogP contribution in [0.4, 0.5) is 5.82 Å². The van der Waals surface area contributed by atoms with Crippen molar-refractivity contribution in [1.29, 1.82) is 0 Å². The topological polar surface area (TPSA) is 54.8 Å². The first-order valence-electron chi connectivity index (χ1n) is 6.27. The lowest BCUT2D eigenvalue weighted by Gasteiger charge is -2.14. The number of benzene rings is 1. The summed E-state index contributed by atoms with van der Waals surface area (Å²) in [5.74, 6) is 0.907. The van der Waals surface area contributed by atoms with Crippen molar-refractivity contribution in [2.24, 2.45) is 5.10 Å². The molecule has 2 aromatic rings. The summed E-state index contributed by atoms with van der Waals surface area (Å²) >= 11 is 0. The molecule has 5 heteroatoms. The van der Waals surface area contributed by atoms with Gasteiger partial charge in [0.2, 0.25) is 6.10 Å². The highest BCUT2D eigenvalue weighted by atomic mass is 16.5. The lowest BCUT2D eigenvalue weighted by atomic mass is 10.2. The number of hydrogen-bond acceptors (Lipinski definition) is 4. The Morgan fingerprint density at radius 1 is 1.10 bits per heavy atom. The number of amides is 1. The summed E-state index contributed by atoms with van der Waals surface area (Å²) in [5, 5.41) is 5.51. The van der Waals surface area contributed by atoms with Crippen molar-refractivity contribution < 1.29 is 9.53 Å². The normalized spacial score (nSPS) is 18.1. The number of hydrazone groups is 1. The molecule has 0 bridgehead atoms. The first-order chi connectivity index (χ1) is 9.75. The molecule has 100 valence electrons. The molecule has 0 radical (unpaired) electrons. The number of anilines is 1. The molecule has 1 amide bonds. The maximum atomic E-state index is 12.4. The maximum absolute atomic E-state index is 12.4. The Labute approximate surface area is 116 Å². The zero-order chi connectivity index (χ0) is 13.9. The Bertz CT molecular complexity index is 641. The molecular formula is C15H13N3O2. The molecule has 2 heterocycles. The van der Waals surface area contributed by atoms with Crippen molar-refractivity contribution in [3.8, 4) is 5.75 Å². The molecule has 1 atom stereocenters. The summed E-state index contributed by atoms with van der Waals surface area (Å²) in [4.78, 5) is 16.5. The van der Waals surface area contributed by atoms with E-state index >= 15 is 0 Å². The first kappa shape index (κ1) is 12.3. The van der Waals surface area contributed by atoms with E-state index in [-0.39, 0.29) is 5.91 Å². The number of nitrogens with zero attached hydrogens (tertiary/aromatic N) is 3. The number of carbonyl (C=O) groups is 1. The zero-order valence-electron chi connectivity index (χ0n) is 10.9. The van der Waals surface area contributed by atoms with Gasteiger partial charge in [-0.3, -0.25) is 4.79 Å². The molecule has 5 nitrogen and oxygen atoms in total. The van der Waals surface area contributed by atoms with Crippen LogP contribution in [0.15, 0.2) is 59.8 Å². The van der Waals surface area contributed by atoms with Crippen molar-refractivity contribution in [1.82, 2.24) is 4.98 Å². The number of aromatic nitrogens is 1. The second-order valence-corrected chi connectivity index (χ2v) is 4.39. The van der Waals surface area contributed by atoms with Gasteiger partial charge in [-0.25, -0.2) is 4.98 Å². The van der Waals surface area contributed by atoms with E-state index in [1.807, 2.05) is 36.4 Å². The Hall–Kier alpha value is -2.69. The molecule has 0 aliphatic carbocycles. The summed E-state index contributed by atoms with van der Waals surface area (Å²) < 4.78 is 5.70. The number of para-hydroxylation sites is 1. The van der Waals surface area contributed by atoms with E-state index in [0.717, 1.165) is 0 Å². The second-order valence-electron chi connectivity index (χ2n) is 4.39. The molecule has 0 fully saturated rings. The fraction of sp³-hybridized carbons (Fsp3) is 0.133. The third-order valence-corrected chi connectivity index (χ3v) is 2.93. The highest BCUT2D eigenvalue weighted by molar-refractivity contribution is 6.17. The fourth-order valence-electron chi connectivity index (χ4n) is 1.96. The highest BCUT2D eigenvalue weighted by Crippen LogP contribution is 2.21.